The standard InChI is InChI=1S/C20H12F8O8S4/c1-33-13(29)7-8(14(30)34-2)38-17(37-7)11(21)5(19(23,24)25)6(20(26,27)28)12(22)18(17)39-9(15(31)35-3)10(40-18)16(32)36-4/h1-4H3. The van der Waals surface area contributed by atoms with Gasteiger partial charge in [0.05, 0.1) is 28.4 Å². The van der Waals surface area contributed by atoms with Crippen LogP contribution in [0.3, 0.4) is 0 Å². The number of hydrogen-bond acceptors (Lipinski definition) is 12. The quantitative estimate of drug-likeness (QED) is 0.229. The predicted octanol–water partition coefficient (Wildman–Crippen LogP) is 5.04. The summed E-state index contributed by atoms with van der Waals surface area (Å²) in [5.41, 5.74) is -6.16. The smallest absolute Gasteiger partial charge is 0.419 e. The molecule has 0 amide bonds. The topological polar surface area (TPSA) is 105 Å². The zero-order chi connectivity index (χ0) is 30.6. The molecule has 8 nitrogen and oxygen atoms in total. The summed E-state index contributed by atoms with van der Waals surface area (Å²) in [6, 6.07) is 0. The fraction of sp³-hybridized carbons (Fsp3) is 0.400. The fourth-order valence-corrected chi connectivity index (χ4v) is 10.5. The van der Waals surface area contributed by atoms with Gasteiger partial charge in [-0.1, -0.05) is 47.0 Å². The van der Waals surface area contributed by atoms with E-state index in [2.05, 4.69) is 18.9 Å². The molecule has 220 valence electrons. The fourth-order valence-electron chi connectivity index (χ4n) is 3.53. The number of carbonyl (C=O) groups excluding carboxylic acids is 4. The summed E-state index contributed by atoms with van der Waals surface area (Å²) >= 11 is -1.11. The van der Waals surface area contributed by atoms with Crippen LogP contribution >= 0.6 is 47.0 Å². The molecule has 0 aromatic rings. The minimum atomic E-state index is -6.17. The molecular weight excluding hydrogens is 648 g/mol. The SMILES string of the molecule is COC(=O)C1=C(C(=O)OC)SC2(S1)C(F)=C(C(F)(F)F)C(C(F)(F)F)=C(F)C21SC(C(=O)OC)=C(C(=O)OC)S1. The van der Waals surface area contributed by atoms with Gasteiger partial charge in [0.25, 0.3) is 0 Å². The van der Waals surface area contributed by atoms with Crippen molar-refractivity contribution in [2.75, 3.05) is 28.4 Å². The molecule has 0 saturated carbocycles. The number of hydrogen-bond donors (Lipinski definition) is 0. The van der Waals surface area contributed by atoms with Gasteiger partial charge in [0.2, 0.25) is 0 Å². The van der Waals surface area contributed by atoms with Crippen molar-refractivity contribution in [3.8, 4) is 0 Å². The molecule has 0 atom stereocenters. The molecule has 0 aromatic carbocycles. The van der Waals surface area contributed by atoms with Crippen molar-refractivity contribution in [3.63, 3.8) is 0 Å². The molecule has 3 aliphatic rings. The lowest BCUT2D eigenvalue weighted by Gasteiger charge is -2.46. The lowest BCUT2D eigenvalue weighted by molar-refractivity contribution is -0.138. The number of rotatable bonds is 4. The number of fused-ring (bicyclic) bond motifs is 1. The third-order valence-corrected chi connectivity index (χ3v) is 12.3. The minimum Gasteiger partial charge on any atom is -0.465 e. The number of carbonyl (C=O) groups is 4. The largest absolute Gasteiger partial charge is 0.465 e. The third kappa shape index (κ3) is 4.79. The van der Waals surface area contributed by atoms with Gasteiger partial charge in [0.1, 0.15) is 42.4 Å². The Morgan fingerprint density at radius 2 is 0.725 bits per heavy atom. The van der Waals surface area contributed by atoms with Crippen molar-refractivity contribution in [3.05, 3.63) is 42.4 Å². The molecule has 0 unspecified atom stereocenters. The summed E-state index contributed by atoms with van der Waals surface area (Å²) < 4.78 is 128. The lowest BCUT2D eigenvalue weighted by atomic mass is 9.93. The second-order valence-corrected chi connectivity index (χ2v) is 12.7. The molecule has 20 heteroatoms. The van der Waals surface area contributed by atoms with Crippen LogP contribution in [-0.2, 0) is 38.1 Å². The summed E-state index contributed by atoms with van der Waals surface area (Å²) in [6.07, 6.45) is -12.3. The van der Waals surface area contributed by atoms with Gasteiger partial charge in [0.15, 0.2) is 8.16 Å². The minimum absolute atomic E-state index is 0.278. The van der Waals surface area contributed by atoms with Gasteiger partial charge in [-0.05, 0) is 0 Å². The Balaban J connectivity index is 2.50. The van der Waals surface area contributed by atoms with Crippen LogP contribution in [0.5, 0.6) is 0 Å². The van der Waals surface area contributed by atoms with Crippen LogP contribution in [0.25, 0.3) is 0 Å². The van der Waals surface area contributed by atoms with Crippen LogP contribution in [0.1, 0.15) is 0 Å². The van der Waals surface area contributed by atoms with Crippen LogP contribution in [0.15, 0.2) is 42.4 Å². The number of thioether (sulfide) groups is 4. The number of alkyl halides is 6. The molecule has 2 aliphatic heterocycles. The molecular formula is C20H12F8O8S4. The maximum Gasteiger partial charge on any atom is 0.419 e. The second-order valence-electron chi connectivity index (χ2n) is 7.30. The Morgan fingerprint density at radius 1 is 0.525 bits per heavy atom. The number of methoxy groups -OCH3 is 4. The van der Waals surface area contributed by atoms with Crippen molar-refractivity contribution < 1.29 is 73.2 Å². The van der Waals surface area contributed by atoms with E-state index >= 15 is 8.78 Å². The Kier molecular flexibility index (Phi) is 8.71. The second kappa shape index (κ2) is 10.8. The number of ether oxygens (including phenoxy) is 4. The maximum atomic E-state index is 16.3. The van der Waals surface area contributed by atoms with E-state index in [1.807, 2.05) is 0 Å². The number of esters is 4. The molecule has 0 fully saturated rings. The molecule has 0 N–H and O–H groups in total. The molecule has 2 heterocycles. The van der Waals surface area contributed by atoms with Crippen LogP contribution in [0, 0.1) is 0 Å². The van der Waals surface area contributed by atoms with Crippen molar-refractivity contribution in [1.29, 1.82) is 0 Å². The van der Waals surface area contributed by atoms with Crippen molar-refractivity contribution in [2.24, 2.45) is 0 Å². The van der Waals surface area contributed by atoms with Crippen molar-refractivity contribution in [2.45, 2.75) is 20.5 Å². The Hall–Kier alpha value is -2.32. The maximum absolute atomic E-state index is 16.3. The summed E-state index contributed by atoms with van der Waals surface area (Å²) in [4.78, 5) is 46.1. The first kappa shape index (κ1) is 32.2. The van der Waals surface area contributed by atoms with E-state index in [9.17, 15) is 45.5 Å². The highest BCUT2D eigenvalue weighted by atomic mass is 32.2. The third-order valence-electron chi connectivity index (χ3n) is 5.15. The van der Waals surface area contributed by atoms with Gasteiger partial charge in [-0.15, -0.1) is 0 Å². The normalized spacial score (nSPS) is 20.5. The zero-order valence-corrected chi connectivity index (χ0v) is 23.2. The van der Waals surface area contributed by atoms with E-state index in [-0.39, 0.29) is 47.0 Å². The van der Waals surface area contributed by atoms with E-state index in [1.54, 1.807) is 0 Å². The molecule has 0 aromatic heterocycles. The lowest BCUT2D eigenvalue weighted by Crippen LogP contribution is -2.50. The summed E-state index contributed by atoms with van der Waals surface area (Å²) in [5, 5.41) is 0. The summed E-state index contributed by atoms with van der Waals surface area (Å²) in [6.45, 7) is 0. The van der Waals surface area contributed by atoms with Crippen LogP contribution < -0.4 is 0 Å². The van der Waals surface area contributed by atoms with Crippen LogP contribution in [0.4, 0.5) is 35.1 Å². The zero-order valence-electron chi connectivity index (χ0n) is 19.9. The molecule has 0 radical (unpaired) electrons. The van der Waals surface area contributed by atoms with Crippen molar-refractivity contribution >= 4 is 70.9 Å². The van der Waals surface area contributed by atoms with E-state index in [0.29, 0.717) is 0 Å². The van der Waals surface area contributed by atoms with E-state index in [0.717, 1.165) is 28.4 Å². The van der Waals surface area contributed by atoms with Crippen LogP contribution in [0.2, 0.25) is 0 Å². The molecule has 1 aliphatic carbocycles. The molecule has 0 saturated heterocycles. The van der Waals surface area contributed by atoms with Gasteiger partial charge in [-0.2, -0.15) is 26.3 Å². The average molecular weight is 661 g/mol. The monoisotopic (exact) mass is 660 g/mol. The first-order valence-corrected chi connectivity index (χ1v) is 13.2. The molecule has 40 heavy (non-hydrogen) atoms. The molecule has 0 bridgehead atoms. The van der Waals surface area contributed by atoms with Gasteiger partial charge in [-0.25, -0.2) is 28.0 Å². The van der Waals surface area contributed by atoms with E-state index < -0.39 is 86.8 Å². The van der Waals surface area contributed by atoms with E-state index in [1.165, 1.54) is 0 Å². The summed E-state index contributed by atoms with van der Waals surface area (Å²) in [5.74, 6) is -11.2. The Morgan fingerprint density at radius 3 is 0.875 bits per heavy atom. The summed E-state index contributed by atoms with van der Waals surface area (Å²) in [7, 11) is 3.05. The van der Waals surface area contributed by atoms with Gasteiger partial charge >= 0.3 is 36.2 Å². The number of halogens is 8. The van der Waals surface area contributed by atoms with Crippen molar-refractivity contribution in [1.82, 2.24) is 0 Å². The Bertz CT molecular complexity index is 1170. The van der Waals surface area contributed by atoms with Gasteiger partial charge in [0, 0.05) is 0 Å². The first-order valence-electron chi connectivity index (χ1n) is 9.91. The average Bonchev–Trinajstić information content (AvgIpc) is 3.49. The van der Waals surface area contributed by atoms with Crippen LogP contribution in [-0.4, -0.2) is 72.8 Å². The van der Waals surface area contributed by atoms with E-state index in [4.69, 9.17) is 0 Å². The number of allylic oxidation sites excluding steroid dienone is 2. The highest BCUT2D eigenvalue weighted by molar-refractivity contribution is 8.32. The predicted molar refractivity (Wildman–Crippen MR) is 126 cm³/mol. The molecule has 3 rings (SSSR count). The van der Waals surface area contributed by atoms with Gasteiger partial charge < -0.3 is 18.9 Å². The first-order chi connectivity index (χ1) is 18.4. The highest BCUT2D eigenvalue weighted by Gasteiger charge is 2.74. The van der Waals surface area contributed by atoms with Gasteiger partial charge in [-0.3, -0.25) is 0 Å². The highest BCUT2D eigenvalue weighted by Crippen LogP contribution is 2.78. The Labute approximate surface area is 235 Å². The molecule has 2 spiro atoms.